The molecular weight excluding hydrogens is 284 g/mol. The molecular formula is C15H12N4OS. The van der Waals surface area contributed by atoms with Crippen molar-refractivity contribution in [3.63, 3.8) is 0 Å². The van der Waals surface area contributed by atoms with Crippen molar-refractivity contribution in [3.05, 3.63) is 60.2 Å². The molecule has 0 saturated heterocycles. The molecule has 0 amide bonds. The normalized spacial score (nSPS) is 10.9. The first-order valence-corrected chi connectivity index (χ1v) is 7.10. The molecule has 0 atom stereocenters. The largest absolute Gasteiger partial charge is 0.507 e. The van der Waals surface area contributed by atoms with E-state index in [1.54, 1.807) is 24.4 Å². The van der Waals surface area contributed by atoms with Gasteiger partial charge < -0.3 is 5.11 Å². The molecule has 0 radical (unpaired) electrons. The number of phenolic OH excluding ortho intramolecular Hbond substituents is 1. The van der Waals surface area contributed by atoms with Gasteiger partial charge >= 0.3 is 0 Å². The number of rotatable bonds is 4. The first-order valence-electron chi connectivity index (χ1n) is 6.29. The van der Waals surface area contributed by atoms with E-state index in [1.165, 1.54) is 11.3 Å². The standard InChI is InChI=1S/C15H12N4OS/c20-13-9-5-4-8-12(13)10-16-18-15-19-17-14(21-15)11-6-2-1-3-7-11/h1-10,20H,(H,18,19)/b16-10+. The van der Waals surface area contributed by atoms with Gasteiger partial charge in [0, 0.05) is 11.1 Å². The third-order valence-electron chi connectivity index (χ3n) is 2.75. The smallest absolute Gasteiger partial charge is 0.226 e. The fourth-order valence-electron chi connectivity index (χ4n) is 1.72. The van der Waals surface area contributed by atoms with Crippen molar-refractivity contribution >= 4 is 22.7 Å². The van der Waals surface area contributed by atoms with Gasteiger partial charge in [0.1, 0.15) is 10.8 Å². The second-order valence-corrected chi connectivity index (χ2v) is 5.18. The fraction of sp³-hybridized carbons (Fsp3) is 0. The molecule has 0 fully saturated rings. The Morgan fingerprint density at radius 1 is 1.00 bits per heavy atom. The zero-order chi connectivity index (χ0) is 14.5. The van der Waals surface area contributed by atoms with Gasteiger partial charge in [-0.05, 0) is 12.1 Å². The SMILES string of the molecule is Oc1ccccc1/C=N/Nc1nnc(-c2ccccc2)s1. The van der Waals surface area contributed by atoms with Crippen LogP contribution in [0.3, 0.4) is 0 Å². The van der Waals surface area contributed by atoms with E-state index in [-0.39, 0.29) is 5.75 Å². The Hall–Kier alpha value is -2.73. The van der Waals surface area contributed by atoms with E-state index in [1.807, 2.05) is 36.4 Å². The predicted octanol–water partition coefficient (Wildman–Crippen LogP) is 3.36. The fourth-order valence-corrected chi connectivity index (χ4v) is 2.42. The van der Waals surface area contributed by atoms with Gasteiger partial charge in [-0.3, -0.25) is 5.43 Å². The second kappa shape index (κ2) is 6.15. The number of anilines is 1. The summed E-state index contributed by atoms with van der Waals surface area (Å²) in [6.07, 6.45) is 1.54. The molecule has 2 aromatic carbocycles. The zero-order valence-electron chi connectivity index (χ0n) is 11.0. The van der Waals surface area contributed by atoms with Gasteiger partial charge in [-0.2, -0.15) is 5.10 Å². The van der Waals surface area contributed by atoms with Gasteiger partial charge in [-0.1, -0.05) is 53.8 Å². The van der Waals surface area contributed by atoms with E-state index in [9.17, 15) is 5.11 Å². The van der Waals surface area contributed by atoms with Crippen LogP contribution in [0.1, 0.15) is 5.56 Å². The van der Waals surface area contributed by atoms with Crippen molar-refractivity contribution in [2.75, 3.05) is 5.43 Å². The number of hydrazone groups is 1. The Kier molecular flexibility index (Phi) is 3.88. The summed E-state index contributed by atoms with van der Waals surface area (Å²) in [4.78, 5) is 0. The molecule has 0 spiro atoms. The van der Waals surface area contributed by atoms with Crippen LogP contribution in [0.25, 0.3) is 10.6 Å². The van der Waals surface area contributed by atoms with Crippen LogP contribution in [0.15, 0.2) is 59.7 Å². The maximum absolute atomic E-state index is 9.62. The van der Waals surface area contributed by atoms with Crippen molar-refractivity contribution in [2.45, 2.75) is 0 Å². The van der Waals surface area contributed by atoms with E-state index in [0.717, 1.165) is 10.6 Å². The lowest BCUT2D eigenvalue weighted by molar-refractivity contribution is 0.474. The van der Waals surface area contributed by atoms with Crippen LogP contribution in [0, 0.1) is 0 Å². The summed E-state index contributed by atoms with van der Waals surface area (Å²) in [6, 6.07) is 16.8. The highest BCUT2D eigenvalue weighted by Gasteiger charge is 2.04. The number of hydrogen-bond acceptors (Lipinski definition) is 6. The van der Waals surface area contributed by atoms with Gasteiger partial charge in [0.05, 0.1) is 6.21 Å². The highest BCUT2D eigenvalue weighted by atomic mass is 32.1. The van der Waals surface area contributed by atoms with Crippen molar-refractivity contribution in [1.29, 1.82) is 0 Å². The summed E-state index contributed by atoms with van der Waals surface area (Å²) in [7, 11) is 0. The lowest BCUT2D eigenvalue weighted by Gasteiger charge is -1.96. The number of aromatic hydroxyl groups is 1. The van der Waals surface area contributed by atoms with E-state index < -0.39 is 0 Å². The van der Waals surface area contributed by atoms with Crippen molar-refractivity contribution in [3.8, 4) is 16.3 Å². The van der Waals surface area contributed by atoms with Gasteiger partial charge in [0.25, 0.3) is 0 Å². The molecule has 0 saturated carbocycles. The Morgan fingerprint density at radius 3 is 2.57 bits per heavy atom. The first kappa shape index (κ1) is 13.3. The molecule has 0 aliphatic rings. The number of nitrogens with one attached hydrogen (secondary N) is 1. The average molecular weight is 296 g/mol. The summed E-state index contributed by atoms with van der Waals surface area (Å²) < 4.78 is 0. The van der Waals surface area contributed by atoms with Gasteiger partial charge in [0.2, 0.25) is 5.13 Å². The van der Waals surface area contributed by atoms with Gasteiger partial charge in [-0.25, -0.2) is 0 Å². The summed E-state index contributed by atoms with van der Waals surface area (Å²) in [5.74, 6) is 0.185. The molecule has 0 unspecified atom stereocenters. The third kappa shape index (κ3) is 3.24. The predicted molar refractivity (Wildman–Crippen MR) is 84.7 cm³/mol. The summed E-state index contributed by atoms with van der Waals surface area (Å²) in [6.45, 7) is 0. The van der Waals surface area contributed by atoms with Crippen LogP contribution in [0.4, 0.5) is 5.13 Å². The molecule has 0 aliphatic heterocycles. The number of para-hydroxylation sites is 1. The quantitative estimate of drug-likeness (QED) is 0.572. The number of nitrogens with zero attached hydrogens (tertiary/aromatic N) is 3. The molecule has 104 valence electrons. The van der Waals surface area contributed by atoms with E-state index in [2.05, 4.69) is 20.7 Å². The van der Waals surface area contributed by atoms with E-state index in [4.69, 9.17) is 0 Å². The molecule has 5 nitrogen and oxygen atoms in total. The number of phenols is 1. The average Bonchev–Trinajstić information content (AvgIpc) is 2.99. The van der Waals surface area contributed by atoms with Crippen LogP contribution < -0.4 is 5.43 Å². The minimum atomic E-state index is 0.185. The van der Waals surface area contributed by atoms with Gasteiger partial charge in [0.15, 0.2) is 0 Å². The van der Waals surface area contributed by atoms with Crippen molar-refractivity contribution < 1.29 is 5.11 Å². The molecule has 1 aromatic heterocycles. The molecule has 6 heteroatoms. The Bertz CT molecular complexity index is 755. The second-order valence-electron chi connectivity index (χ2n) is 4.21. The lowest BCUT2D eigenvalue weighted by Crippen LogP contribution is -1.90. The Balaban J connectivity index is 1.70. The van der Waals surface area contributed by atoms with Crippen LogP contribution >= 0.6 is 11.3 Å². The Morgan fingerprint density at radius 2 is 1.76 bits per heavy atom. The minimum Gasteiger partial charge on any atom is -0.507 e. The Labute approximate surface area is 125 Å². The molecule has 3 rings (SSSR count). The van der Waals surface area contributed by atoms with E-state index in [0.29, 0.717) is 10.7 Å². The molecule has 3 aromatic rings. The maximum Gasteiger partial charge on any atom is 0.226 e. The number of benzene rings is 2. The van der Waals surface area contributed by atoms with Crippen LogP contribution in [0.5, 0.6) is 5.75 Å². The topological polar surface area (TPSA) is 70.4 Å². The van der Waals surface area contributed by atoms with Crippen molar-refractivity contribution in [2.24, 2.45) is 5.10 Å². The van der Waals surface area contributed by atoms with E-state index >= 15 is 0 Å². The minimum absolute atomic E-state index is 0.185. The molecule has 0 aliphatic carbocycles. The summed E-state index contributed by atoms with van der Waals surface area (Å²) >= 11 is 1.42. The first-order chi connectivity index (χ1) is 10.3. The third-order valence-corrected chi connectivity index (χ3v) is 3.62. The molecule has 1 heterocycles. The monoisotopic (exact) mass is 296 g/mol. The molecule has 21 heavy (non-hydrogen) atoms. The molecule has 2 N–H and O–H groups in total. The number of aromatic nitrogens is 2. The lowest BCUT2D eigenvalue weighted by atomic mass is 10.2. The highest BCUT2D eigenvalue weighted by Crippen LogP contribution is 2.25. The summed E-state index contributed by atoms with van der Waals surface area (Å²) in [5, 5.41) is 23.2. The van der Waals surface area contributed by atoms with Crippen molar-refractivity contribution in [1.82, 2.24) is 10.2 Å². The van der Waals surface area contributed by atoms with Gasteiger partial charge in [-0.15, -0.1) is 10.2 Å². The van der Waals surface area contributed by atoms with Crippen LogP contribution in [0.2, 0.25) is 0 Å². The number of hydrogen-bond donors (Lipinski definition) is 2. The summed E-state index contributed by atoms with van der Waals surface area (Å²) in [5.41, 5.74) is 4.47. The zero-order valence-corrected chi connectivity index (χ0v) is 11.8. The van der Waals surface area contributed by atoms with Crippen LogP contribution in [-0.4, -0.2) is 21.5 Å². The highest BCUT2D eigenvalue weighted by molar-refractivity contribution is 7.18. The molecule has 0 bridgehead atoms. The van der Waals surface area contributed by atoms with Crippen LogP contribution in [-0.2, 0) is 0 Å². The maximum atomic E-state index is 9.62.